The van der Waals surface area contributed by atoms with E-state index in [1.165, 1.54) is 0 Å². The second-order valence-corrected chi connectivity index (χ2v) is 5.00. The van der Waals surface area contributed by atoms with E-state index >= 15 is 0 Å². The van der Waals surface area contributed by atoms with Gasteiger partial charge in [-0.25, -0.2) is 4.99 Å². The summed E-state index contributed by atoms with van der Waals surface area (Å²) in [5, 5.41) is 1.94. The third-order valence-electron chi connectivity index (χ3n) is 3.54. The number of unbranched alkanes of at least 4 members (excludes halogenated alkanes) is 1. The molecule has 0 amide bonds. The molecule has 1 saturated heterocycles. The van der Waals surface area contributed by atoms with Crippen LogP contribution in [0.2, 0.25) is 0 Å². The molecule has 1 aromatic carbocycles. The fourth-order valence-corrected chi connectivity index (χ4v) is 2.32. The van der Waals surface area contributed by atoms with E-state index in [-0.39, 0.29) is 0 Å². The molecule has 8 nitrogen and oxygen atoms in total. The maximum Gasteiger partial charge on any atom is 0.225 e. The summed E-state index contributed by atoms with van der Waals surface area (Å²) in [6.07, 6.45) is 2.20. The van der Waals surface area contributed by atoms with Crippen molar-refractivity contribution >= 4 is 5.96 Å². The number of ether oxygens (including phenoxy) is 3. The zero-order valence-corrected chi connectivity index (χ0v) is 14.1. The Morgan fingerprint density at radius 2 is 1.87 bits per heavy atom. The fourth-order valence-electron chi connectivity index (χ4n) is 2.32. The first-order valence-electron chi connectivity index (χ1n) is 7.61. The number of benzene rings is 1. The van der Waals surface area contributed by atoms with Gasteiger partial charge in [0.25, 0.3) is 0 Å². The Morgan fingerprint density at radius 3 is 2.52 bits per heavy atom. The molecule has 3 N–H and O–H groups in total. The van der Waals surface area contributed by atoms with Gasteiger partial charge in [0.15, 0.2) is 11.5 Å². The molecular formula is C15H25N5O3. The first kappa shape index (κ1) is 17.2. The summed E-state index contributed by atoms with van der Waals surface area (Å²) < 4.78 is 16.2. The van der Waals surface area contributed by atoms with Crippen molar-refractivity contribution in [2.24, 2.45) is 4.99 Å². The van der Waals surface area contributed by atoms with Gasteiger partial charge in [0.2, 0.25) is 11.7 Å². The number of aliphatic imine (C=N–C) groups is 1. The van der Waals surface area contributed by atoms with Crippen molar-refractivity contribution < 1.29 is 14.2 Å². The molecule has 0 radical (unpaired) electrons. The van der Waals surface area contributed by atoms with Gasteiger partial charge >= 0.3 is 0 Å². The molecule has 0 saturated carbocycles. The number of hydrazine groups is 3. The van der Waals surface area contributed by atoms with Crippen LogP contribution in [0.15, 0.2) is 17.1 Å². The van der Waals surface area contributed by atoms with Gasteiger partial charge in [-0.3, -0.25) is 10.4 Å². The highest BCUT2D eigenvalue weighted by molar-refractivity contribution is 5.80. The van der Waals surface area contributed by atoms with E-state index in [0.717, 1.165) is 30.9 Å². The summed E-state index contributed by atoms with van der Waals surface area (Å²) in [5.41, 5.74) is 9.78. The van der Waals surface area contributed by atoms with Crippen LogP contribution in [0.4, 0.5) is 0 Å². The van der Waals surface area contributed by atoms with E-state index < -0.39 is 0 Å². The molecule has 1 heterocycles. The van der Waals surface area contributed by atoms with Crippen molar-refractivity contribution in [3.05, 3.63) is 17.7 Å². The Bertz CT molecular complexity index is 550. The predicted molar refractivity (Wildman–Crippen MR) is 88.3 cm³/mol. The Labute approximate surface area is 136 Å². The second-order valence-electron chi connectivity index (χ2n) is 5.00. The van der Waals surface area contributed by atoms with Crippen LogP contribution >= 0.6 is 0 Å². The zero-order chi connectivity index (χ0) is 16.7. The van der Waals surface area contributed by atoms with Crippen LogP contribution in [0.25, 0.3) is 0 Å². The highest BCUT2D eigenvalue weighted by atomic mass is 16.5. The van der Waals surface area contributed by atoms with Crippen LogP contribution in [0.5, 0.6) is 17.2 Å². The molecule has 1 aliphatic heterocycles. The topological polar surface area (TPSA) is 79.4 Å². The third kappa shape index (κ3) is 3.96. The number of rotatable bonds is 8. The lowest BCUT2D eigenvalue weighted by Crippen LogP contribution is -2.38. The third-order valence-corrected chi connectivity index (χ3v) is 3.54. The number of hydrogen-bond acceptors (Lipinski definition) is 6. The highest BCUT2D eigenvalue weighted by Crippen LogP contribution is 2.39. The summed E-state index contributed by atoms with van der Waals surface area (Å²) in [7, 11) is 4.80. The zero-order valence-electron chi connectivity index (χ0n) is 14.1. The lowest BCUT2D eigenvalue weighted by Gasteiger charge is -2.16. The predicted octanol–water partition coefficient (Wildman–Crippen LogP) is 1.20. The van der Waals surface area contributed by atoms with E-state index in [0.29, 0.717) is 23.8 Å². The molecular weight excluding hydrogens is 298 g/mol. The van der Waals surface area contributed by atoms with Gasteiger partial charge < -0.3 is 14.2 Å². The average molecular weight is 323 g/mol. The molecule has 1 fully saturated rings. The van der Waals surface area contributed by atoms with Crippen LogP contribution in [-0.4, -0.2) is 38.8 Å². The van der Waals surface area contributed by atoms with E-state index in [1.54, 1.807) is 21.3 Å². The Balaban J connectivity index is 2.18. The van der Waals surface area contributed by atoms with Gasteiger partial charge in [0.05, 0.1) is 27.9 Å². The van der Waals surface area contributed by atoms with Gasteiger partial charge in [-0.2, -0.15) is 5.53 Å². The Hall–Kier alpha value is -2.19. The summed E-state index contributed by atoms with van der Waals surface area (Å²) in [6.45, 7) is 3.48. The first-order chi connectivity index (χ1) is 11.2. The average Bonchev–Trinajstić information content (AvgIpc) is 3.04. The largest absolute Gasteiger partial charge is 0.493 e. The van der Waals surface area contributed by atoms with E-state index in [9.17, 15) is 0 Å². The number of nitrogens with one attached hydrogen (secondary N) is 3. The summed E-state index contributed by atoms with van der Waals surface area (Å²) in [6, 6.07) is 3.78. The summed E-state index contributed by atoms with van der Waals surface area (Å²) >= 11 is 0. The lowest BCUT2D eigenvalue weighted by molar-refractivity contribution is 0.296. The van der Waals surface area contributed by atoms with Gasteiger partial charge in [-0.15, -0.1) is 5.53 Å². The van der Waals surface area contributed by atoms with Crippen molar-refractivity contribution in [3.63, 3.8) is 0 Å². The molecule has 1 aromatic rings. The van der Waals surface area contributed by atoms with Gasteiger partial charge in [0.1, 0.15) is 0 Å². The molecule has 0 aliphatic carbocycles. The minimum Gasteiger partial charge on any atom is -0.493 e. The molecule has 2 rings (SSSR count). The lowest BCUT2D eigenvalue weighted by atomic mass is 10.1. The highest BCUT2D eigenvalue weighted by Gasteiger charge is 2.18. The molecule has 0 unspecified atom stereocenters. The van der Waals surface area contributed by atoms with Crippen LogP contribution in [0.3, 0.4) is 0 Å². The van der Waals surface area contributed by atoms with E-state index in [4.69, 9.17) is 14.2 Å². The number of nitrogens with zero attached hydrogens (tertiary/aromatic N) is 2. The number of hydrogen-bond donors (Lipinski definition) is 3. The number of methoxy groups -OCH3 is 3. The van der Waals surface area contributed by atoms with Crippen molar-refractivity contribution in [3.8, 4) is 17.2 Å². The molecule has 23 heavy (non-hydrogen) atoms. The maximum atomic E-state index is 5.48. The van der Waals surface area contributed by atoms with Crippen molar-refractivity contribution in [1.82, 2.24) is 21.5 Å². The van der Waals surface area contributed by atoms with Gasteiger partial charge in [-0.05, 0) is 18.6 Å². The SMILES string of the molecule is CCCCN1NNNC1=NCc1ccc(OC)c(OC)c1OC. The molecule has 0 atom stereocenters. The monoisotopic (exact) mass is 323 g/mol. The van der Waals surface area contributed by atoms with Crippen LogP contribution in [0.1, 0.15) is 25.3 Å². The Kier molecular flexibility index (Phi) is 6.30. The van der Waals surface area contributed by atoms with E-state index in [2.05, 4.69) is 28.4 Å². The molecule has 0 bridgehead atoms. The van der Waals surface area contributed by atoms with Crippen molar-refractivity contribution in [1.29, 1.82) is 0 Å². The smallest absolute Gasteiger partial charge is 0.225 e. The quantitative estimate of drug-likeness (QED) is 0.663. The maximum absolute atomic E-state index is 5.48. The molecule has 128 valence electrons. The fraction of sp³-hybridized carbons (Fsp3) is 0.533. The van der Waals surface area contributed by atoms with Gasteiger partial charge in [0, 0.05) is 12.1 Å². The second kappa shape index (κ2) is 8.44. The summed E-state index contributed by atoms with van der Waals surface area (Å²) in [4.78, 5) is 4.60. The molecule has 1 aliphatic rings. The first-order valence-corrected chi connectivity index (χ1v) is 7.61. The molecule has 0 aromatic heterocycles. The van der Waals surface area contributed by atoms with Crippen LogP contribution in [0, 0.1) is 0 Å². The van der Waals surface area contributed by atoms with Crippen LogP contribution < -0.4 is 30.7 Å². The minimum atomic E-state index is 0.456. The molecule has 8 heteroatoms. The molecule has 0 spiro atoms. The van der Waals surface area contributed by atoms with Crippen molar-refractivity contribution in [2.45, 2.75) is 26.3 Å². The minimum absolute atomic E-state index is 0.456. The normalized spacial score (nSPS) is 15.7. The standard InChI is InChI=1S/C15H25N5O3/c1-5-6-9-20-15(17-18-19-20)16-10-11-7-8-12(21-2)14(23-4)13(11)22-3/h7-8,18-19H,5-6,9-10H2,1-4H3,(H,16,17). The Morgan fingerprint density at radius 1 is 1.09 bits per heavy atom. The van der Waals surface area contributed by atoms with Gasteiger partial charge in [-0.1, -0.05) is 13.3 Å². The van der Waals surface area contributed by atoms with Crippen LogP contribution in [-0.2, 0) is 6.54 Å². The number of guanidine groups is 1. The van der Waals surface area contributed by atoms with Crippen molar-refractivity contribution in [2.75, 3.05) is 27.9 Å². The summed E-state index contributed by atoms with van der Waals surface area (Å²) in [5.74, 6) is 2.59. The van der Waals surface area contributed by atoms with E-state index in [1.807, 2.05) is 17.1 Å².